The molecule has 0 spiro atoms. The van der Waals surface area contributed by atoms with Crippen LogP contribution in [0.1, 0.15) is 61.3 Å². The number of esters is 1. The summed E-state index contributed by atoms with van der Waals surface area (Å²) in [5.41, 5.74) is 1.31. The highest BCUT2D eigenvalue weighted by Gasteiger charge is 2.15. The van der Waals surface area contributed by atoms with Crippen molar-refractivity contribution in [3.05, 3.63) is 53.6 Å². The van der Waals surface area contributed by atoms with E-state index in [9.17, 15) is 14.4 Å². The largest absolute Gasteiger partial charge is 0.490 e. The second kappa shape index (κ2) is 13.9. The minimum absolute atomic E-state index is 0.0648. The van der Waals surface area contributed by atoms with Crippen LogP contribution in [0.4, 0.5) is 5.69 Å². The van der Waals surface area contributed by atoms with Crippen molar-refractivity contribution in [1.29, 1.82) is 0 Å². The highest BCUT2D eigenvalue weighted by molar-refractivity contribution is 5.97. The Hall–Kier alpha value is -3.55. The molecule has 2 aromatic rings. The van der Waals surface area contributed by atoms with E-state index in [-0.39, 0.29) is 11.5 Å². The van der Waals surface area contributed by atoms with Gasteiger partial charge in [-0.3, -0.25) is 9.59 Å². The first-order chi connectivity index (χ1) is 16.4. The summed E-state index contributed by atoms with van der Waals surface area (Å²) in [5, 5.41) is 2.66. The molecule has 0 aliphatic carbocycles. The molecular weight excluding hydrogens is 436 g/mol. The van der Waals surface area contributed by atoms with Crippen LogP contribution in [0.3, 0.4) is 0 Å². The number of benzene rings is 2. The Morgan fingerprint density at radius 3 is 2.15 bits per heavy atom. The Kier molecular flexibility index (Phi) is 10.9. The second-order valence-corrected chi connectivity index (χ2v) is 7.48. The van der Waals surface area contributed by atoms with Crippen LogP contribution < -0.4 is 14.8 Å². The first kappa shape index (κ1) is 26.7. The number of hydrogen-bond donors (Lipinski definition) is 1. The van der Waals surface area contributed by atoms with Crippen LogP contribution in [-0.4, -0.2) is 55.6 Å². The lowest BCUT2D eigenvalue weighted by Gasteiger charge is -2.18. The van der Waals surface area contributed by atoms with Crippen molar-refractivity contribution >= 4 is 23.5 Å². The van der Waals surface area contributed by atoms with Gasteiger partial charge >= 0.3 is 5.97 Å². The zero-order valence-electron chi connectivity index (χ0n) is 20.4. The minimum Gasteiger partial charge on any atom is -0.490 e. The molecule has 34 heavy (non-hydrogen) atoms. The lowest BCUT2D eigenvalue weighted by atomic mass is 10.1. The summed E-state index contributed by atoms with van der Waals surface area (Å²) in [7, 11) is 0. The second-order valence-electron chi connectivity index (χ2n) is 7.48. The van der Waals surface area contributed by atoms with E-state index < -0.39 is 18.5 Å². The molecular formula is C26H34N2O6. The van der Waals surface area contributed by atoms with Gasteiger partial charge in [-0.05, 0) is 69.7 Å². The normalized spacial score (nSPS) is 10.4. The molecule has 8 heteroatoms. The average Bonchev–Trinajstić information content (AvgIpc) is 2.85. The number of carbonyl (C=O) groups is 3. The van der Waals surface area contributed by atoms with Crippen molar-refractivity contribution in [2.24, 2.45) is 0 Å². The highest BCUT2D eigenvalue weighted by atomic mass is 16.5. The van der Waals surface area contributed by atoms with Crippen LogP contribution in [0.15, 0.2) is 42.5 Å². The zero-order chi connectivity index (χ0) is 24.9. The number of hydrogen-bond acceptors (Lipinski definition) is 6. The summed E-state index contributed by atoms with van der Waals surface area (Å²) in [5.74, 6) is -0.175. The van der Waals surface area contributed by atoms with Crippen LogP contribution in [0.5, 0.6) is 11.5 Å². The van der Waals surface area contributed by atoms with Crippen molar-refractivity contribution in [3.63, 3.8) is 0 Å². The van der Waals surface area contributed by atoms with Crippen LogP contribution in [0.2, 0.25) is 0 Å². The van der Waals surface area contributed by atoms with Crippen molar-refractivity contribution in [2.75, 3.05) is 38.2 Å². The number of anilines is 1. The Labute approximate surface area is 201 Å². The molecule has 0 heterocycles. The van der Waals surface area contributed by atoms with E-state index in [1.54, 1.807) is 47.4 Å². The van der Waals surface area contributed by atoms with Gasteiger partial charge in [0.1, 0.15) is 0 Å². The highest BCUT2D eigenvalue weighted by Crippen LogP contribution is 2.29. The number of rotatable bonds is 13. The van der Waals surface area contributed by atoms with Gasteiger partial charge in [0.05, 0.1) is 18.8 Å². The number of carbonyl (C=O) groups excluding carboxylic acids is 3. The van der Waals surface area contributed by atoms with E-state index in [2.05, 4.69) is 12.2 Å². The molecule has 0 aromatic heterocycles. The van der Waals surface area contributed by atoms with Gasteiger partial charge in [0.15, 0.2) is 18.1 Å². The Balaban J connectivity index is 1.92. The molecule has 0 aliphatic heterocycles. The predicted octanol–water partition coefficient (Wildman–Crippen LogP) is 4.54. The SMILES string of the molecule is CCCCOc1ccc(C(=O)OCC(=O)Nc2ccc(C(=O)N(CC)CC)cc2)cc1OCC. The van der Waals surface area contributed by atoms with Crippen LogP contribution >= 0.6 is 0 Å². The summed E-state index contributed by atoms with van der Waals surface area (Å²) in [6, 6.07) is 11.4. The molecule has 2 amide bonds. The zero-order valence-corrected chi connectivity index (χ0v) is 20.4. The van der Waals surface area contributed by atoms with Gasteiger partial charge in [-0.15, -0.1) is 0 Å². The molecule has 0 saturated heterocycles. The number of nitrogens with zero attached hydrogens (tertiary/aromatic N) is 1. The third-order valence-corrected chi connectivity index (χ3v) is 5.04. The number of ether oxygens (including phenoxy) is 3. The first-order valence-electron chi connectivity index (χ1n) is 11.7. The van der Waals surface area contributed by atoms with E-state index in [0.717, 1.165) is 12.8 Å². The Bertz CT molecular complexity index is 954. The molecule has 2 aromatic carbocycles. The summed E-state index contributed by atoms with van der Waals surface area (Å²) in [6.07, 6.45) is 1.93. The fourth-order valence-electron chi connectivity index (χ4n) is 3.15. The van der Waals surface area contributed by atoms with E-state index in [1.165, 1.54) is 0 Å². The Morgan fingerprint density at radius 2 is 1.53 bits per heavy atom. The van der Waals surface area contributed by atoms with Crippen molar-refractivity contribution in [2.45, 2.75) is 40.5 Å². The lowest BCUT2D eigenvalue weighted by molar-refractivity contribution is -0.119. The maximum Gasteiger partial charge on any atom is 0.338 e. The van der Waals surface area contributed by atoms with Crippen LogP contribution in [-0.2, 0) is 9.53 Å². The first-order valence-corrected chi connectivity index (χ1v) is 11.7. The Morgan fingerprint density at radius 1 is 0.853 bits per heavy atom. The fourth-order valence-corrected chi connectivity index (χ4v) is 3.15. The fraction of sp³-hybridized carbons (Fsp3) is 0.423. The molecule has 1 N–H and O–H groups in total. The van der Waals surface area contributed by atoms with Crippen molar-refractivity contribution < 1.29 is 28.6 Å². The molecule has 0 aliphatic rings. The quantitative estimate of drug-likeness (QED) is 0.341. The van der Waals surface area contributed by atoms with Crippen molar-refractivity contribution in [1.82, 2.24) is 4.90 Å². The molecule has 8 nitrogen and oxygen atoms in total. The summed E-state index contributed by atoms with van der Waals surface area (Å²) in [4.78, 5) is 38.7. The lowest BCUT2D eigenvalue weighted by Crippen LogP contribution is -2.30. The van der Waals surface area contributed by atoms with Gasteiger partial charge in [-0.1, -0.05) is 13.3 Å². The van der Waals surface area contributed by atoms with Crippen LogP contribution in [0.25, 0.3) is 0 Å². The molecule has 2 rings (SSSR count). The third-order valence-electron chi connectivity index (χ3n) is 5.04. The van der Waals surface area contributed by atoms with Crippen molar-refractivity contribution in [3.8, 4) is 11.5 Å². The molecule has 0 saturated carbocycles. The van der Waals surface area contributed by atoms with Gasteiger partial charge in [-0.2, -0.15) is 0 Å². The number of unbranched alkanes of at least 4 members (excludes halogenated alkanes) is 1. The molecule has 0 atom stereocenters. The molecule has 0 fully saturated rings. The standard InChI is InChI=1S/C26H34N2O6/c1-5-9-16-33-22-15-12-20(17-23(22)32-8-4)26(31)34-18-24(29)27-21-13-10-19(11-14-21)25(30)28(6-2)7-3/h10-15,17H,5-9,16,18H2,1-4H3,(H,27,29). The number of amides is 2. The third kappa shape index (κ3) is 7.79. The van der Waals surface area contributed by atoms with E-state index >= 15 is 0 Å². The molecule has 0 bridgehead atoms. The maximum absolute atomic E-state index is 12.4. The van der Waals surface area contributed by atoms with E-state index in [0.29, 0.717) is 49.1 Å². The average molecular weight is 471 g/mol. The summed E-state index contributed by atoms with van der Waals surface area (Å²) in [6.45, 7) is 9.55. The topological polar surface area (TPSA) is 94.2 Å². The van der Waals surface area contributed by atoms with E-state index in [1.807, 2.05) is 20.8 Å². The molecule has 184 valence electrons. The number of nitrogens with one attached hydrogen (secondary N) is 1. The van der Waals surface area contributed by atoms with Gasteiger partial charge in [0.2, 0.25) is 0 Å². The van der Waals surface area contributed by atoms with Gasteiger partial charge in [0, 0.05) is 24.3 Å². The van der Waals surface area contributed by atoms with E-state index in [4.69, 9.17) is 14.2 Å². The summed E-state index contributed by atoms with van der Waals surface area (Å²) >= 11 is 0. The monoisotopic (exact) mass is 470 g/mol. The van der Waals surface area contributed by atoms with Gasteiger partial charge in [0.25, 0.3) is 11.8 Å². The smallest absolute Gasteiger partial charge is 0.338 e. The minimum atomic E-state index is -0.642. The van der Waals surface area contributed by atoms with Crippen LogP contribution in [0, 0.1) is 0 Å². The molecule has 0 radical (unpaired) electrons. The molecule has 0 unspecified atom stereocenters. The maximum atomic E-state index is 12.4. The van der Waals surface area contributed by atoms with Gasteiger partial charge in [-0.25, -0.2) is 4.79 Å². The summed E-state index contributed by atoms with van der Waals surface area (Å²) < 4.78 is 16.4. The van der Waals surface area contributed by atoms with Gasteiger partial charge < -0.3 is 24.4 Å². The predicted molar refractivity (Wildman–Crippen MR) is 131 cm³/mol.